The molecule has 0 saturated heterocycles. The lowest BCUT2D eigenvalue weighted by Gasteiger charge is -2.21. The summed E-state index contributed by atoms with van der Waals surface area (Å²) in [5, 5.41) is 10.6. The molecule has 0 aromatic rings. The van der Waals surface area contributed by atoms with Gasteiger partial charge in [0, 0.05) is 25.7 Å². The van der Waals surface area contributed by atoms with Crippen molar-refractivity contribution in [2.24, 2.45) is 5.92 Å². The van der Waals surface area contributed by atoms with Gasteiger partial charge < -0.3 is 33.8 Å². The van der Waals surface area contributed by atoms with Gasteiger partial charge in [0.2, 0.25) is 0 Å². The second-order valence-corrected chi connectivity index (χ2v) is 27.7. The molecule has 0 bridgehead atoms. The van der Waals surface area contributed by atoms with Crippen molar-refractivity contribution in [3.8, 4) is 0 Å². The Balaban J connectivity index is 5.24. The zero-order valence-corrected chi connectivity index (χ0v) is 57.9. The summed E-state index contributed by atoms with van der Waals surface area (Å²) in [4.78, 5) is 72.4. The van der Waals surface area contributed by atoms with Crippen molar-refractivity contribution < 1.29 is 80.2 Å². The molecule has 6 atom stereocenters. The standard InChI is InChI=1S/C68H132O17P2/c1-6-10-13-16-19-22-25-26-27-28-29-32-39-44-49-54-68(73)85-64(58-79-66(71)52-47-42-37-34-33-35-40-45-50-61(5)9-4)60-83-87(76,77)81-56-62(69)55-80-86(74,75)82-59-63(84-67(72)53-48-43-38-31-24-21-18-15-12-8-3)57-78-65(70)51-46-41-36-30-23-20-17-14-11-7-2/h61-64,69H,6-60H2,1-5H3,(H,74,75)(H,76,77)/t61?,62-,63+,64+/m0/s1. The number of hydrogen-bond acceptors (Lipinski definition) is 15. The smallest absolute Gasteiger partial charge is 0.462 e. The first-order valence-corrected chi connectivity index (χ1v) is 38.7. The van der Waals surface area contributed by atoms with Crippen LogP contribution in [0, 0.1) is 5.92 Å². The molecule has 0 aliphatic carbocycles. The largest absolute Gasteiger partial charge is 0.472 e. The highest BCUT2D eigenvalue weighted by Gasteiger charge is 2.30. The van der Waals surface area contributed by atoms with E-state index in [2.05, 4.69) is 34.6 Å². The number of hydrogen-bond donors (Lipinski definition) is 3. The van der Waals surface area contributed by atoms with E-state index in [9.17, 15) is 43.2 Å². The lowest BCUT2D eigenvalue weighted by Crippen LogP contribution is -2.30. The van der Waals surface area contributed by atoms with Crippen LogP contribution < -0.4 is 0 Å². The summed E-state index contributed by atoms with van der Waals surface area (Å²) in [7, 11) is -9.89. The summed E-state index contributed by atoms with van der Waals surface area (Å²) in [6.45, 7) is 7.22. The van der Waals surface area contributed by atoms with Gasteiger partial charge in [-0.15, -0.1) is 0 Å². The molecule has 0 saturated carbocycles. The van der Waals surface area contributed by atoms with Crippen molar-refractivity contribution in [3.63, 3.8) is 0 Å². The van der Waals surface area contributed by atoms with Gasteiger partial charge in [0.15, 0.2) is 12.2 Å². The Morgan fingerprint density at radius 2 is 0.552 bits per heavy atom. The third-order valence-corrected chi connectivity index (χ3v) is 18.0. The molecule has 3 N–H and O–H groups in total. The number of carbonyl (C=O) groups excluding carboxylic acids is 4. The van der Waals surface area contributed by atoms with Crippen molar-refractivity contribution in [2.75, 3.05) is 39.6 Å². The Morgan fingerprint density at radius 1 is 0.322 bits per heavy atom. The summed E-state index contributed by atoms with van der Waals surface area (Å²) in [5.41, 5.74) is 0. The number of phosphoric ester groups is 2. The summed E-state index contributed by atoms with van der Waals surface area (Å²) < 4.78 is 68.2. The van der Waals surface area contributed by atoms with E-state index in [-0.39, 0.29) is 25.7 Å². The molecule has 19 heteroatoms. The van der Waals surface area contributed by atoms with Crippen LogP contribution >= 0.6 is 15.6 Å². The minimum atomic E-state index is -4.95. The maximum atomic E-state index is 13.0. The van der Waals surface area contributed by atoms with Crippen LogP contribution in [0.15, 0.2) is 0 Å². The van der Waals surface area contributed by atoms with Crippen molar-refractivity contribution in [2.45, 2.75) is 368 Å². The number of ether oxygens (including phenoxy) is 4. The number of unbranched alkanes of at least 4 members (excludes halogenated alkanes) is 39. The van der Waals surface area contributed by atoms with E-state index in [1.54, 1.807) is 0 Å². The van der Waals surface area contributed by atoms with Crippen LogP contribution in [0.3, 0.4) is 0 Å². The monoisotopic (exact) mass is 1280 g/mol. The van der Waals surface area contributed by atoms with Gasteiger partial charge in [-0.2, -0.15) is 0 Å². The highest BCUT2D eigenvalue weighted by molar-refractivity contribution is 7.47. The Bertz CT molecular complexity index is 1690. The Hall–Kier alpha value is -1.94. The molecule has 0 radical (unpaired) electrons. The predicted octanol–water partition coefficient (Wildman–Crippen LogP) is 19.4. The highest BCUT2D eigenvalue weighted by Crippen LogP contribution is 2.45. The SMILES string of the molecule is CCCCCCCCCCCCCCCCCC(=O)O[C@H](COC(=O)CCCCCCCCCCC(C)CC)COP(=O)(O)OC[C@@H](O)COP(=O)(O)OC[C@@H](COC(=O)CCCCCCCCCCCC)OC(=O)CCCCCCCCCCCC. The van der Waals surface area contributed by atoms with Crippen LogP contribution in [0.5, 0.6) is 0 Å². The van der Waals surface area contributed by atoms with Crippen LogP contribution in [0.4, 0.5) is 0 Å². The second-order valence-electron chi connectivity index (χ2n) is 24.8. The Labute approximate surface area is 530 Å². The quantitative estimate of drug-likeness (QED) is 0.0222. The van der Waals surface area contributed by atoms with Crippen LogP contribution in [0.25, 0.3) is 0 Å². The van der Waals surface area contributed by atoms with Gasteiger partial charge in [-0.25, -0.2) is 9.13 Å². The van der Waals surface area contributed by atoms with Crippen LogP contribution in [-0.4, -0.2) is 96.7 Å². The average molecular weight is 1280 g/mol. The van der Waals surface area contributed by atoms with Crippen molar-refractivity contribution in [1.82, 2.24) is 0 Å². The molecule has 0 aliphatic heterocycles. The minimum Gasteiger partial charge on any atom is -0.462 e. The van der Waals surface area contributed by atoms with E-state index >= 15 is 0 Å². The number of aliphatic hydroxyl groups excluding tert-OH is 1. The first kappa shape index (κ1) is 85.1. The molecule has 0 heterocycles. The van der Waals surface area contributed by atoms with E-state index in [1.165, 1.54) is 173 Å². The number of aliphatic hydroxyl groups is 1. The molecule has 0 spiro atoms. The molecule has 0 rings (SSSR count). The third-order valence-electron chi connectivity index (χ3n) is 16.1. The molecular weight excluding hydrogens is 1150 g/mol. The molecular formula is C68H132O17P2. The number of rotatable bonds is 68. The highest BCUT2D eigenvalue weighted by atomic mass is 31.2. The normalized spacial score (nSPS) is 14.4. The average Bonchev–Trinajstić information content (AvgIpc) is 3.71. The zero-order chi connectivity index (χ0) is 64.2. The van der Waals surface area contributed by atoms with Gasteiger partial charge in [-0.3, -0.25) is 37.3 Å². The first-order chi connectivity index (χ1) is 42.1. The van der Waals surface area contributed by atoms with Crippen LogP contribution in [0.2, 0.25) is 0 Å². The molecule has 0 aliphatic rings. The van der Waals surface area contributed by atoms with E-state index in [1.807, 2.05) is 0 Å². The van der Waals surface area contributed by atoms with Crippen molar-refractivity contribution in [1.29, 1.82) is 0 Å². The van der Waals surface area contributed by atoms with Gasteiger partial charge in [0.05, 0.1) is 26.4 Å². The lowest BCUT2D eigenvalue weighted by molar-refractivity contribution is -0.161. The summed E-state index contributed by atoms with van der Waals surface area (Å²) in [5.74, 6) is -1.35. The van der Waals surface area contributed by atoms with E-state index < -0.39 is 97.5 Å². The van der Waals surface area contributed by atoms with Gasteiger partial charge >= 0.3 is 39.5 Å². The molecule has 0 aromatic heterocycles. The summed E-state index contributed by atoms with van der Waals surface area (Å²) in [6, 6.07) is 0. The van der Waals surface area contributed by atoms with Gasteiger partial charge in [0.25, 0.3) is 0 Å². The first-order valence-electron chi connectivity index (χ1n) is 35.7. The number of esters is 4. The van der Waals surface area contributed by atoms with Crippen molar-refractivity contribution >= 4 is 39.5 Å². The molecule has 0 fully saturated rings. The molecule has 3 unspecified atom stereocenters. The van der Waals surface area contributed by atoms with E-state index in [0.29, 0.717) is 25.7 Å². The number of carbonyl (C=O) groups is 4. The fourth-order valence-corrected chi connectivity index (χ4v) is 11.8. The zero-order valence-electron chi connectivity index (χ0n) is 56.2. The fourth-order valence-electron chi connectivity index (χ4n) is 10.3. The Kier molecular flexibility index (Phi) is 60.2. The molecule has 0 amide bonds. The lowest BCUT2D eigenvalue weighted by atomic mass is 9.99. The van der Waals surface area contributed by atoms with E-state index in [0.717, 1.165) is 95.8 Å². The van der Waals surface area contributed by atoms with Gasteiger partial charge in [-0.1, -0.05) is 298 Å². The topological polar surface area (TPSA) is 237 Å². The van der Waals surface area contributed by atoms with Gasteiger partial charge in [0.1, 0.15) is 19.3 Å². The third kappa shape index (κ3) is 61.3. The van der Waals surface area contributed by atoms with Crippen LogP contribution in [-0.2, 0) is 65.4 Å². The summed E-state index contributed by atoms with van der Waals surface area (Å²) >= 11 is 0. The minimum absolute atomic E-state index is 0.107. The molecule has 17 nitrogen and oxygen atoms in total. The van der Waals surface area contributed by atoms with Gasteiger partial charge in [-0.05, 0) is 31.6 Å². The van der Waals surface area contributed by atoms with E-state index in [4.69, 9.17) is 37.0 Å². The number of phosphoric acid groups is 2. The Morgan fingerprint density at radius 3 is 0.816 bits per heavy atom. The maximum Gasteiger partial charge on any atom is 0.472 e. The fraction of sp³-hybridized carbons (Fsp3) is 0.941. The predicted molar refractivity (Wildman–Crippen MR) is 349 cm³/mol. The van der Waals surface area contributed by atoms with Crippen molar-refractivity contribution in [3.05, 3.63) is 0 Å². The maximum absolute atomic E-state index is 13.0. The molecule has 516 valence electrons. The van der Waals surface area contributed by atoms with Crippen LogP contribution in [0.1, 0.15) is 349 Å². The molecule has 0 aromatic carbocycles. The second kappa shape index (κ2) is 61.6. The molecule has 87 heavy (non-hydrogen) atoms. The summed E-state index contributed by atoms with van der Waals surface area (Å²) in [6.07, 6.45) is 47.0.